The molecule has 0 aromatic rings. The van der Waals surface area contributed by atoms with Gasteiger partial charge >= 0.3 is 5.97 Å². The second-order valence-corrected chi connectivity index (χ2v) is 5.52. The Morgan fingerprint density at radius 2 is 2.18 bits per heavy atom. The van der Waals surface area contributed by atoms with Gasteiger partial charge in [0, 0.05) is 12.6 Å². The van der Waals surface area contributed by atoms with E-state index in [1.165, 1.54) is 25.7 Å². The maximum atomic E-state index is 11.6. The summed E-state index contributed by atoms with van der Waals surface area (Å²) in [7, 11) is 2.14. The third kappa shape index (κ3) is 4.66. The van der Waals surface area contributed by atoms with Crippen molar-refractivity contribution in [2.75, 3.05) is 20.2 Å². The summed E-state index contributed by atoms with van der Waals surface area (Å²) in [4.78, 5) is 13.9. The quantitative estimate of drug-likeness (QED) is 0.693. The first-order chi connectivity index (χ1) is 8.04. The van der Waals surface area contributed by atoms with Crippen molar-refractivity contribution in [3.63, 3.8) is 0 Å². The summed E-state index contributed by atoms with van der Waals surface area (Å²) >= 11 is 0. The Morgan fingerprint density at radius 1 is 1.47 bits per heavy atom. The highest BCUT2D eigenvalue weighted by atomic mass is 16.5. The van der Waals surface area contributed by atoms with Crippen molar-refractivity contribution in [3.05, 3.63) is 0 Å². The van der Waals surface area contributed by atoms with Gasteiger partial charge < -0.3 is 9.64 Å². The van der Waals surface area contributed by atoms with E-state index in [4.69, 9.17) is 4.74 Å². The zero-order valence-electron chi connectivity index (χ0n) is 11.7. The molecule has 0 heterocycles. The van der Waals surface area contributed by atoms with Crippen LogP contribution in [0.25, 0.3) is 0 Å². The van der Waals surface area contributed by atoms with Crippen molar-refractivity contribution in [1.82, 2.24) is 4.90 Å². The third-order valence-corrected chi connectivity index (χ3v) is 3.78. The van der Waals surface area contributed by atoms with Crippen LogP contribution in [0.2, 0.25) is 0 Å². The zero-order chi connectivity index (χ0) is 12.8. The maximum absolute atomic E-state index is 11.6. The number of hydrogen-bond acceptors (Lipinski definition) is 3. The molecule has 1 fully saturated rings. The fourth-order valence-electron chi connectivity index (χ4n) is 2.74. The number of rotatable bonds is 5. The van der Waals surface area contributed by atoms with Crippen molar-refractivity contribution in [3.8, 4) is 0 Å². The predicted molar refractivity (Wildman–Crippen MR) is 69.8 cm³/mol. The van der Waals surface area contributed by atoms with Crippen LogP contribution >= 0.6 is 0 Å². The van der Waals surface area contributed by atoms with Gasteiger partial charge in [-0.25, -0.2) is 0 Å². The second-order valence-electron chi connectivity index (χ2n) is 5.52. The number of esters is 1. The van der Waals surface area contributed by atoms with Crippen molar-refractivity contribution in [2.45, 2.75) is 52.5 Å². The minimum absolute atomic E-state index is 0.0165. The summed E-state index contributed by atoms with van der Waals surface area (Å²) in [6.07, 6.45) is 5.23. The van der Waals surface area contributed by atoms with Crippen LogP contribution in [-0.4, -0.2) is 37.1 Å². The molecule has 1 rings (SSSR count). The lowest BCUT2D eigenvalue weighted by molar-refractivity contribution is -0.148. The van der Waals surface area contributed by atoms with Gasteiger partial charge in [-0.1, -0.05) is 26.7 Å². The summed E-state index contributed by atoms with van der Waals surface area (Å²) in [5, 5.41) is 0. The molecule has 0 bridgehead atoms. The number of ether oxygens (including phenoxy) is 1. The highest BCUT2D eigenvalue weighted by Gasteiger charge is 2.25. The average Bonchev–Trinajstić information content (AvgIpc) is 2.29. The van der Waals surface area contributed by atoms with Crippen LogP contribution in [0.1, 0.15) is 46.5 Å². The van der Waals surface area contributed by atoms with Crippen LogP contribution in [0, 0.1) is 11.8 Å². The van der Waals surface area contributed by atoms with Gasteiger partial charge in [0.2, 0.25) is 0 Å². The van der Waals surface area contributed by atoms with Crippen LogP contribution in [0.4, 0.5) is 0 Å². The van der Waals surface area contributed by atoms with Gasteiger partial charge in [0.05, 0.1) is 12.5 Å². The van der Waals surface area contributed by atoms with Gasteiger partial charge in [-0.15, -0.1) is 0 Å². The van der Waals surface area contributed by atoms with Gasteiger partial charge in [0.1, 0.15) is 0 Å². The summed E-state index contributed by atoms with van der Waals surface area (Å²) in [5.41, 5.74) is 0. The highest BCUT2D eigenvalue weighted by Crippen LogP contribution is 2.27. The maximum Gasteiger partial charge on any atom is 0.309 e. The van der Waals surface area contributed by atoms with Gasteiger partial charge in [-0.05, 0) is 32.7 Å². The molecule has 3 heteroatoms. The Morgan fingerprint density at radius 3 is 2.76 bits per heavy atom. The molecule has 17 heavy (non-hydrogen) atoms. The lowest BCUT2D eigenvalue weighted by Crippen LogP contribution is -2.39. The monoisotopic (exact) mass is 241 g/mol. The fraction of sp³-hybridized carbons (Fsp3) is 0.929. The molecule has 3 unspecified atom stereocenters. The first kappa shape index (κ1) is 14.5. The number of hydrogen-bond donors (Lipinski definition) is 0. The molecule has 1 aliphatic rings. The highest BCUT2D eigenvalue weighted by molar-refractivity contribution is 5.72. The summed E-state index contributed by atoms with van der Waals surface area (Å²) in [5.74, 6) is 0.745. The Hall–Kier alpha value is -0.570. The van der Waals surface area contributed by atoms with Crippen LogP contribution < -0.4 is 0 Å². The number of carbonyl (C=O) groups excluding carboxylic acids is 1. The molecule has 0 aromatic heterocycles. The molecule has 1 saturated carbocycles. The number of carbonyl (C=O) groups is 1. The first-order valence-corrected chi connectivity index (χ1v) is 6.91. The zero-order valence-corrected chi connectivity index (χ0v) is 11.7. The second kappa shape index (κ2) is 7.00. The Balaban J connectivity index is 2.36. The van der Waals surface area contributed by atoms with Crippen molar-refractivity contribution >= 4 is 5.97 Å². The Bertz CT molecular complexity index is 242. The van der Waals surface area contributed by atoms with E-state index in [9.17, 15) is 4.79 Å². The van der Waals surface area contributed by atoms with Crippen molar-refractivity contribution < 1.29 is 9.53 Å². The van der Waals surface area contributed by atoms with E-state index in [0.717, 1.165) is 12.5 Å². The normalized spacial score (nSPS) is 26.9. The molecule has 0 amide bonds. The van der Waals surface area contributed by atoms with Crippen molar-refractivity contribution in [2.24, 2.45) is 11.8 Å². The van der Waals surface area contributed by atoms with Crippen LogP contribution in [-0.2, 0) is 9.53 Å². The van der Waals surface area contributed by atoms with Crippen LogP contribution in [0.3, 0.4) is 0 Å². The molecule has 3 nitrogen and oxygen atoms in total. The molecule has 1 aliphatic carbocycles. The van der Waals surface area contributed by atoms with E-state index in [-0.39, 0.29) is 11.9 Å². The number of nitrogens with zero attached hydrogens (tertiary/aromatic N) is 1. The standard InChI is InChI=1S/C14H27NO2/c1-5-17-14(16)12(3)10-15(4)13-8-6-7-11(2)9-13/h11-13H,5-10H2,1-4H3. The summed E-state index contributed by atoms with van der Waals surface area (Å²) < 4.78 is 5.05. The fourth-order valence-corrected chi connectivity index (χ4v) is 2.74. The van der Waals surface area contributed by atoms with Crippen LogP contribution in [0.15, 0.2) is 0 Å². The minimum atomic E-state index is -0.0665. The van der Waals surface area contributed by atoms with E-state index in [1.807, 2.05) is 13.8 Å². The van der Waals surface area contributed by atoms with Gasteiger partial charge in [0.15, 0.2) is 0 Å². The molecule has 0 aliphatic heterocycles. The van der Waals surface area contributed by atoms with Crippen molar-refractivity contribution in [1.29, 1.82) is 0 Å². The van der Waals surface area contributed by atoms with E-state index in [2.05, 4.69) is 18.9 Å². The van der Waals surface area contributed by atoms with Gasteiger partial charge in [0.25, 0.3) is 0 Å². The molecule has 0 aromatic carbocycles. The molecule has 0 saturated heterocycles. The molecule has 3 atom stereocenters. The van der Waals surface area contributed by atoms with Crippen LogP contribution in [0.5, 0.6) is 0 Å². The molecule has 0 radical (unpaired) electrons. The molecular weight excluding hydrogens is 214 g/mol. The van der Waals surface area contributed by atoms with Gasteiger partial charge in [-0.3, -0.25) is 4.79 Å². The summed E-state index contributed by atoms with van der Waals surface area (Å²) in [6.45, 7) is 7.44. The Labute approximate surface area is 106 Å². The summed E-state index contributed by atoms with van der Waals surface area (Å²) in [6, 6.07) is 0.649. The third-order valence-electron chi connectivity index (χ3n) is 3.78. The van der Waals surface area contributed by atoms with E-state index in [0.29, 0.717) is 12.6 Å². The smallest absolute Gasteiger partial charge is 0.309 e. The molecule has 0 N–H and O–H groups in total. The Kier molecular flexibility index (Phi) is 5.96. The first-order valence-electron chi connectivity index (χ1n) is 6.91. The molecule has 100 valence electrons. The average molecular weight is 241 g/mol. The predicted octanol–water partition coefficient (Wildman–Crippen LogP) is 2.70. The van der Waals surface area contributed by atoms with E-state index >= 15 is 0 Å². The molecular formula is C14H27NO2. The van der Waals surface area contributed by atoms with Gasteiger partial charge in [-0.2, -0.15) is 0 Å². The van der Waals surface area contributed by atoms with E-state index in [1.54, 1.807) is 0 Å². The minimum Gasteiger partial charge on any atom is -0.466 e. The lowest BCUT2D eigenvalue weighted by atomic mass is 9.86. The SMILES string of the molecule is CCOC(=O)C(C)CN(C)C1CCCC(C)C1. The van der Waals surface area contributed by atoms with E-state index < -0.39 is 0 Å². The molecule has 0 spiro atoms. The largest absolute Gasteiger partial charge is 0.466 e. The lowest BCUT2D eigenvalue weighted by Gasteiger charge is -2.35. The topological polar surface area (TPSA) is 29.5 Å².